The minimum atomic E-state index is 0.334. The van der Waals surface area contributed by atoms with Gasteiger partial charge in [-0.2, -0.15) is 0 Å². The summed E-state index contributed by atoms with van der Waals surface area (Å²) < 4.78 is 7.68. The maximum atomic E-state index is 5.15. The predicted octanol–water partition coefficient (Wildman–Crippen LogP) is 2.83. The Bertz CT molecular complexity index is 540. The van der Waals surface area contributed by atoms with E-state index in [0.717, 1.165) is 22.6 Å². The third kappa shape index (κ3) is 2.51. The summed E-state index contributed by atoms with van der Waals surface area (Å²) in [7, 11) is 1.67. The van der Waals surface area contributed by atoms with Crippen molar-refractivity contribution in [3.63, 3.8) is 0 Å². The number of nitrogens with zero attached hydrogens (tertiary/aromatic N) is 1. The fourth-order valence-electron chi connectivity index (χ4n) is 1.73. The van der Waals surface area contributed by atoms with Crippen LogP contribution in [0.25, 0.3) is 5.57 Å². The Kier molecular flexibility index (Phi) is 3.51. The van der Waals surface area contributed by atoms with Crippen molar-refractivity contribution in [3.8, 4) is 5.75 Å². The van der Waals surface area contributed by atoms with Gasteiger partial charge in [-0.3, -0.25) is 0 Å². The van der Waals surface area contributed by atoms with Gasteiger partial charge in [-0.25, -0.2) is 0 Å². The van der Waals surface area contributed by atoms with E-state index in [4.69, 9.17) is 4.74 Å². The second kappa shape index (κ2) is 4.91. The molecule has 0 radical (unpaired) electrons. The monoisotopic (exact) mass is 293 g/mol. The van der Waals surface area contributed by atoms with Gasteiger partial charge in [0.25, 0.3) is 0 Å². The molecule has 0 atom stereocenters. The molecule has 0 unspecified atom stereocenters. The van der Waals surface area contributed by atoms with E-state index in [1.807, 2.05) is 24.3 Å². The van der Waals surface area contributed by atoms with Crippen molar-refractivity contribution in [2.75, 3.05) is 7.11 Å². The molecule has 2 rings (SSSR count). The van der Waals surface area contributed by atoms with Crippen LogP contribution in [0.5, 0.6) is 5.75 Å². The Balaban J connectivity index is 2.33. The summed E-state index contributed by atoms with van der Waals surface area (Å²) in [5.74, 6) is 0.872. The number of benzene rings is 1. The first kappa shape index (κ1) is 12.2. The molecule has 3 heteroatoms. The first-order chi connectivity index (χ1) is 8.11. The van der Waals surface area contributed by atoms with Crippen molar-refractivity contribution in [2.24, 2.45) is 0 Å². The van der Waals surface area contributed by atoms with Gasteiger partial charge in [-0.15, -0.1) is 0 Å². The summed E-state index contributed by atoms with van der Waals surface area (Å²) in [5.41, 5.74) is 3.35. The van der Waals surface area contributed by atoms with Crippen LogP contribution in [0.15, 0.2) is 30.8 Å². The number of ether oxygens (including phenoxy) is 1. The number of rotatable bonds is 3. The molecule has 0 aliphatic heterocycles. The maximum absolute atomic E-state index is 5.15. The van der Waals surface area contributed by atoms with Gasteiger partial charge in [0, 0.05) is 0 Å². The Morgan fingerprint density at radius 3 is 2.35 bits per heavy atom. The molecule has 17 heavy (non-hydrogen) atoms. The Morgan fingerprint density at radius 1 is 1.24 bits per heavy atom. The molecule has 0 bridgehead atoms. The SMILES string of the molecule is C=C(c1ccc(OC)cc1)c1[se]c(C)nc1C. The topological polar surface area (TPSA) is 22.1 Å². The van der Waals surface area contributed by atoms with E-state index in [-0.39, 0.29) is 0 Å². The summed E-state index contributed by atoms with van der Waals surface area (Å²) in [6.07, 6.45) is 0. The van der Waals surface area contributed by atoms with E-state index in [1.54, 1.807) is 7.11 Å². The van der Waals surface area contributed by atoms with Gasteiger partial charge in [-0.05, 0) is 0 Å². The second-order valence-corrected chi connectivity index (χ2v) is 6.38. The van der Waals surface area contributed by atoms with Gasteiger partial charge in [0.1, 0.15) is 0 Å². The fourth-order valence-corrected chi connectivity index (χ4v) is 3.65. The van der Waals surface area contributed by atoms with Gasteiger partial charge < -0.3 is 0 Å². The van der Waals surface area contributed by atoms with Crippen LogP contribution in [-0.4, -0.2) is 26.6 Å². The van der Waals surface area contributed by atoms with Gasteiger partial charge in [0.05, 0.1) is 0 Å². The van der Waals surface area contributed by atoms with Crippen LogP contribution in [0.4, 0.5) is 0 Å². The van der Waals surface area contributed by atoms with E-state index in [1.165, 1.54) is 9.01 Å². The molecule has 1 aromatic carbocycles. The number of aryl methyl sites for hydroxylation is 2. The van der Waals surface area contributed by atoms with Crippen LogP contribution in [0.2, 0.25) is 0 Å². The normalized spacial score (nSPS) is 10.3. The standard InChI is InChI=1S/C14H15NOSe/c1-9(14-10(2)15-11(3)17-14)12-5-7-13(16-4)8-6-12/h5-8H,1H2,2-4H3. The number of aromatic nitrogens is 1. The average Bonchev–Trinajstić information content (AvgIpc) is 2.68. The van der Waals surface area contributed by atoms with Crippen LogP contribution in [-0.2, 0) is 0 Å². The molecule has 0 saturated carbocycles. The zero-order valence-electron chi connectivity index (χ0n) is 10.3. The average molecular weight is 292 g/mol. The van der Waals surface area contributed by atoms with Gasteiger partial charge in [0.15, 0.2) is 0 Å². The predicted molar refractivity (Wildman–Crippen MR) is 71.8 cm³/mol. The summed E-state index contributed by atoms with van der Waals surface area (Å²) in [5, 5.41) is 0. The number of methoxy groups -OCH3 is 1. The van der Waals surface area contributed by atoms with Crippen molar-refractivity contribution in [1.29, 1.82) is 0 Å². The first-order valence-electron chi connectivity index (χ1n) is 5.39. The molecular formula is C14H15NOSe. The molecule has 0 aliphatic carbocycles. The molecule has 1 aromatic heterocycles. The van der Waals surface area contributed by atoms with Crippen molar-refractivity contribution in [2.45, 2.75) is 13.8 Å². The molecule has 2 nitrogen and oxygen atoms in total. The third-order valence-electron chi connectivity index (χ3n) is 2.62. The van der Waals surface area contributed by atoms with E-state index >= 15 is 0 Å². The summed E-state index contributed by atoms with van der Waals surface area (Å²) in [6.45, 7) is 8.33. The van der Waals surface area contributed by atoms with Gasteiger partial charge in [-0.1, -0.05) is 0 Å². The van der Waals surface area contributed by atoms with E-state index in [0.29, 0.717) is 14.5 Å². The molecule has 2 aromatic rings. The first-order valence-corrected chi connectivity index (χ1v) is 7.11. The Labute approximate surface area is 108 Å². The molecular weight excluding hydrogens is 277 g/mol. The molecule has 0 fully saturated rings. The summed E-state index contributed by atoms with van der Waals surface area (Å²) in [6, 6.07) is 8.02. The third-order valence-corrected chi connectivity index (χ3v) is 4.99. The van der Waals surface area contributed by atoms with Crippen LogP contribution in [0, 0.1) is 13.8 Å². The van der Waals surface area contributed by atoms with E-state index in [2.05, 4.69) is 25.4 Å². The van der Waals surface area contributed by atoms with Crippen molar-refractivity contribution < 1.29 is 4.74 Å². The van der Waals surface area contributed by atoms with Crippen molar-refractivity contribution >= 4 is 20.1 Å². The van der Waals surface area contributed by atoms with Crippen LogP contribution < -0.4 is 4.74 Å². The summed E-state index contributed by atoms with van der Waals surface area (Å²) >= 11 is 0.334. The molecule has 0 N–H and O–H groups in total. The molecule has 88 valence electrons. The summed E-state index contributed by atoms with van der Waals surface area (Å²) in [4.78, 5) is 4.49. The number of hydrogen-bond donors (Lipinski definition) is 0. The molecule has 1 heterocycles. The zero-order valence-corrected chi connectivity index (χ0v) is 12.0. The zero-order chi connectivity index (χ0) is 12.4. The quantitative estimate of drug-likeness (QED) is 0.812. The Hall–Kier alpha value is -1.31. The fraction of sp³-hybridized carbons (Fsp3) is 0.214. The van der Waals surface area contributed by atoms with Crippen LogP contribution >= 0.6 is 0 Å². The van der Waals surface area contributed by atoms with Gasteiger partial charge >= 0.3 is 108 Å². The molecule has 0 amide bonds. The van der Waals surface area contributed by atoms with Crippen LogP contribution in [0.3, 0.4) is 0 Å². The Morgan fingerprint density at radius 2 is 1.88 bits per heavy atom. The van der Waals surface area contributed by atoms with E-state index in [9.17, 15) is 0 Å². The molecule has 0 saturated heterocycles. The van der Waals surface area contributed by atoms with Crippen LogP contribution in [0.1, 0.15) is 20.3 Å². The van der Waals surface area contributed by atoms with Gasteiger partial charge in [0.2, 0.25) is 0 Å². The molecule has 0 spiro atoms. The van der Waals surface area contributed by atoms with Crippen molar-refractivity contribution in [3.05, 3.63) is 51.1 Å². The van der Waals surface area contributed by atoms with E-state index < -0.39 is 0 Å². The van der Waals surface area contributed by atoms with Crippen molar-refractivity contribution in [1.82, 2.24) is 4.98 Å². The molecule has 0 aliphatic rings. The number of hydrogen-bond acceptors (Lipinski definition) is 2. The second-order valence-electron chi connectivity index (χ2n) is 3.85. The minimum absolute atomic E-state index is 0.334.